The summed E-state index contributed by atoms with van der Waals surface area (Å²) in [5.41, 5.74) is 2.59. The van der Waals surface area contributed by atoms with Crippen LogP contribution >= 0.6 is 15.9 Å². The molecule has 1 rings (SSSR count). The molecule has 0 saturated heterocycles. The van der Waals surface area contributed by atoms with Gasteiger partial charge in [-0.3, -0.25) is 4.79 Å². The van der Waals surface area contributed by atoms with Crippen molar-refractivity contribution in [2.75, 3.05) is 0 Å². The number of benzene rings is 1. The summed E-state index contributed by atoms with van der Waals surface area (Å²) in [5.74, 6) is -0.833. The number of hydrogen-bond donors (Lipinski definition) is 1. The maximum absolute atomic E-state index is 9.00. The molecule has 0 bridgehead atoms. The van der Waals surface area contributed by atoms with Crippen LogP contribution in [0.4, 0.5) is 0 Å². The molecule has 0 atom stereocenters. The molecule has 1 aromatic rings. The van der Waals surface area contributed by atoms with E-state index in [0.29, 0.717) is 0 Å². The summed E-state index contributed by atoms with van der Waals surface area (Å²) < 4.78 is 1.20. The molecule has 72 valence electrons. The van der Waals surface area contributed by atoms with Crippen LogP contribution in [-0.4, -0.2) is 11.1 Å². The lowest BCUT2D eigenvalue weighted by Gasteiger charge is -1.96. The first-order chi connectivity index (χ1) is 5.93. The maximum Gasteiger partial charge on any atom is 0.300 e. The van der Waals surface area contributed by atoms with E-state index in [-0.39, 0.29) is 0 Å². The summed E-state index contributed by atoms with van der Waals surface area (Å²) in [6.45, 7) is 5.26. The van der Waals surface area contributed by atoms with Crippen molar-refractivity contribution in [1.82, 2.24) is 0 Å². The molecule has 0 spiro atoms. The lowest BCUT2D eigenvalue weighted by molar-refractivity contribution is -0.134. The van der Waals surface area contributed by atoms with Gasteiger partial charge in [0, 0.05) is 11.4 Å². The van der Waals surface area contributed by atoms with Gasteiger partial charge in [-0.25, -0.2) is 0 Å². The average Bonchev–Trinajstić information content (AvgIpc) is 1.96. The van der Waals surface area contributed by atoms with Crippen molar-refractivity contribution in [3.63, 3.8) is 0 Å². The summed E-state index contributed by atoms with van der Waals surface area (Å²) in [7, 11) is 0. The Kier molecular flexibility index (Phi) is 5.39. The van der Waals surface area contributed by atoms with Gasteiger partial charge in [-0.15, -0.1) is 0 Å². The smallest absolute Gasteiger partial charge is 0.300 e. The monoisotopic (exact) mass is 244 g/mol. The zero-order valence-electron chi connectivity index (χ0n) is 7.97. The number of halogens is 1. The fourth-order valence-electron chi connectivity index (χ4n) is 0.698. The maximum atomic E-state index is 9.00. The molecule has 0 aliphatic heterocycles. The van der Waals surface area contributed by atoms with Crippen molar-refractivity contribution >= 4 is 21.9 Å². The predicted molar refractivity (Wildman–Crippen MR) is 56.9 cm³/mol. The molecule has 13 heavy (non-hydrogen) atoms. The molecule has 3 heteroatoms. The molecule has 0 saturated carbocycles. The van der Waals surface area contributed by atoms with Crippen LogP contribution in [0.1, 0.15) is 18.1 Å². The van der Waals surface area contributed by atoms with E-state index in [4.69, 9.17) is 9.90 Å². The molecule has 0 aromatic heterocycles. The average molecular weight is 245 g/mol. The molecule has 0 amide bonds. The van der Waals surface area contributed by atoms with E-state index < -0.39 is 5.97 Å². The molecule has 0 heterocycles. The van der Waals surface area contributed by atoms with E-state index >= 15 is 0 Å². The molecule has 1 aromatic carbocycles. The van der Waals surface area contributed by atoms with E-state index in [1.165, 1.54) is 15.6 Å². The minimum Gasteiger partial charge on any atom is -0.481 e. The molecule has 0 unspecified atom stereocenters. The zero-order valence-corrected chi connectivity index (χ0v) is 9.55. The number of rotatable bonds is 0. The van der Waals surface area contributed by atoms with Gasteiger partial charge in [0.15, 0.2) is 0 Å². The summed E-state index contributed by atoms with van der Waals surface area (Å²) in [6.07, 6.45) is 0. The SMILES string of the molecule is CC(=O)O.Cc1ccc(C)c(Br)c1. The first-order valence-electron chi connectivity index (χ1n) is 3.85. The highest BCUT2D eigenvalue weighted by Gasteiger charge is 1.90. The van der Waals surface area contributed by atoms with Gasteiger partial charge in [-0.05, 0) is 31.0 Å². The molecular formula is C10H13BrO2. The van der Waals surface area contributed by atoms with E-state index in [0.717, 1.165) is 6.92 Å². The van der Waals surface area contributed by atoms with Crippen molar-refractivity contribution in [3.8, 4) is 0 Å². The topological polar surface area (TPSA) is 37.3 Å². The second kappa shape index (κ2) is 5.75. The molecule has 2 nitrogen and oxygen atoms in total. The first-order valence-corrected chi connectivity index (χ1v) is 4.65. The second-order valence-corrected chi connectivity index (χ2v) is 3.63. The number of carbonyl (C=O) groups is 1. The number of aryl methyl sites for hydroxylation is 2. The Balaban J connectivity index is 0.000000310. The van der Waals surface area contributed by atoms with Crippen molar-refractivity contribution in [2.24, 2.45) is 0 Å². The third kappa shape index (κ3) is 6.34. The Labute approximate surface area is 86.7 Å². The van der Waals surface area contributed by atoms with Crippen LogP contribution in [0.2, 0.25) is 0 Å². The fraction of sp³-hybridized carbons (Fsp3) is 0.300. The lowest BCUT2D eigenvalue weighted by atomic mass is 10.2. The van der Waals surface area contributed by atoms with Crippen LogP contribution in [0.15, 0.2) is 22.7 Å². The highest BCUT2D eigenvalue weighted by molar-refractivity contribution is 9.10. The van der Waals surface area contributed by atoms with Crippen LogP contribution in [-0.2, 0) is 4.79 Å². The van der Waals surface area contributed by atoms with Gasteiger partial charge in [0.25, 0.3) is 5.97 Å². The Hall–Kier alpha value is -0.830. The quantitative estimate of drug-likeness (QED) is 0.762. The third-order valence-corrected chi connectivity index (χ3v) is 2.18. The summed E-state index contributed by atoms with van der Waals surface area (Å²) in [5, 5.41) is 7.42. The standard InChI is InChI=1S/C8H9Br.C2H4O2/c1-6-3-4-7(2)8(9)5-6;1-2(3)4/h3-5H,1-2H3;1H3,(H,3,4). The van der Waals surface area contributed by atoms with Crippen LogP contribution in [0.5, 0.6) is 0 Å². The normalized spacial score (nSPS) is 8.62. The van der Waals surface area contributed by atoms with E-state index in [9.17, 15) is 0 Å². The van der Waals surface area contributed by atoms with Crippen LogP contribution in [0.25, 0.3) is 0 Å². The molecule has 0 fully saturated rings. The van der Waals surface area contributed by atoms with Gasteiger partial charge in [0.2, 0.25) is 0 Å². The van der Waals surface area contributed by atoms with Crippen molar-refractivity contribution in [2.45, 2.75) is 20.8 Å². The van der Waals surface area contributed by atoms with E-state index in [2.05, 4.69) is 48.0 Å². The lowest BCUT2D eigenvalue weighted by Crippen LogP contribution is -1.78. The largest absolute Gasteiger partial charge is 0.481 e. The third-order valence-electron chi connectivity index (χ3n) is 1.33. The van der Waals surface area contributed by atoms with E-state index in [1.807, 2.05) is 0 Å². The Morgan fingerprint density at radius 2 is 1.85 bits per heavy atom. The highest BCUT2D eigenvalue weighted by atomic mass is 79.9. The summed E-state index contributed by atoms with van der Waals surface area (Å²) in [4.78, 5) is 9.00. The predicted octanol–water partition coefficient (Wildman–Crippen LogP) is 3.16. The van der Waals surface area contributed by atoms with Crippen molar-refractivity contribution in [3.05, 3.63) is 33.8 Å². The highest BCUT2D eigenvalue weighted by Crippen LogP contribution is 2.16. The molecule has 0 aliphatic carbocycles. The Morgan fingerprint density at radius 1 is 1.38 bits per heavy atom. The van der Waals surface area contributed by atoms with Crippen LogP contribution in [0, 0.1) is 13.8 Å². The van der Waals surface area contributed by atoms with E-state index in [1.54, 1.807) is 0 Å². The summed E-state index contributed by atoms with van der Waals surface area (Å²) in [6, 6.07) is 6.34. The number of aliphatic carboxylic acids is 1. The minimum atomic E-state index is -0.833. The van der Waals surface area contributed by atoms with Gasteiger partial charge < -0.3 is 5.11 Å². The van der Waals surface area contributed by atoms with Crippen LogP contribution in [0.3, 0.4) is 0 Å². The van der Waals surface area contributed by atoms with Crippen LogP contribution < -0.4 is 0 Å². The molecular weight excluding hydrogens is 232 g/mol. The molecule has 1 N–H and O–H groups in total. The minimum absolute atomic E-state index is 0.833. The molecule has 0 radical (unpaired) electrons. The Bertz CT molecular complexity index is 291. The second-order valence-electron chi connectivity index (χ2n) is 2.77. The van der Waals surface area contributed by atoms with Crippen molar-refractivity contribution in [1.29, 1.82) is 0 Å². The first kappa shape index (κ1) is 12.2. The Morgan fingerprint density at radius 3 is 2.15 bits per heavy atom. The fourth-order valence-corrected chi connectivity index (χ4v) is 1.19. The van der Waals surface area contributed by atoms with Gasteiger partial charge in [0.1, 0.15) is 0 Å². The molecule has 0 aliphatic rings. The number of hydrogen-bond acceptors (Lipinski definition) is 1. The summed E-state index contributed by atoms with van der Waals surface area (Å²) >= 11 is 3.45. The van der Waals surface area contributed by atoms with Gasteiger partial charge in [0.05, 0.1) is 0 Å². The van der Waals surface area contributed by atoms with Gasteiger partial charge in [-0.1, -0.05) is 28.1 Å². The van der Waals surface area contributed by atoms with Crippen molar-refractivity contribution < 1.29 is 9.90 Å². The van der Waals surface area contributed by atoms with Gasteiger partial charge in [-0.2, -0.15) is 0 Å². The number of carboxylic acids is 1. The number of carboxylic acid groups (broad SMARTS) is 1. The zero-order chi connectivity index (χ0) is 10.4. The van der Waals surface area contributed by atoms with Gasteiger partial charge >= 0.3 is 0 Å².